The molecule has 5 nitrogen and oxygen atoms in total. The summed E-state index contributed by atoms with van der Waals surface area (Å²) >= 11 is 0. The highest BCUT2D eigenvalue weighted by atomic mass is 19.3. The molecule has 3 N–H and O–H groups in total. The fourth-order valence-corrected chi connectivity index (χ4v) is 1.40. The number of H-pyrrole nitrogens is 1. The molecule has 17 heavy (non-hydrogen) atoms. The van der Waals surface area contributed by atoms with Crippen LogP contribution in [0.5, 0.6) is 0 Å². The van der Waals surface area contributed by atoms with Crippen molar-refractivity contribution in [1.29, 1.82) is 0 Å². The van der Waals surface area contributed by atoms with Gasteiger partial charge in [-0.1, -0.05) is 0 Å². The van der Waals surface area contributed by atoms with Crippen molar-refractivity contribution in [2.75, 3.05) is 6.61 Å². The first kappa shape index (κ1) is 13.3. The number of carbonyl (C=O) groups excluding carboxylic acids is 1. The van der Waals surface area contributed by atoms with E-state index in [-0.39, 0.29) is 18.7 Å². The van der Waals surface area contributed by atoms with Crippen molar-refractivity contribution < 1.29 is 18.3 Å². The lowest BCUT2D eigenvalue weighted by Gasteiger charge is -2.11. The number of nitrogens with one attached hydrogen (secondary N) is 1. The molecule has 0 saturated heterocycles. The number of esters is 1. The maximum atomic E-state index is 12.7. The van der Waals surface area contributed by atoms with Gasteiger partial charge >= 0.3 is 5.97 Å². The second-order valence-electron chi connectivity index (χ2n) is 3.15. The van der Waals surface area contributed by atoms with E-state index in [1.807, 2.05) is 0 Å². The molecular formula is C10H12F2N2O3. The van der Waals surface area contributed by atoms with Gasteiger partial charge in [-0.15, -0.1) is 0 Å². The lowest BCUT2D eigenvalue weighted by Crippen LogP contribution is -2.24. The Labute approximate surface area is 95.6 Å². The zero-order chi connectivity index (χ0) is 13.0. The zero-order valence-electron chi connectivity index (χ0n) is 9.13. The molecular weight excluding hydrogens is 234 g/mol. The lowest BCUT2D eigenvalue weighted by molar-refractivity contribution is 0.0513. The van der Waals surface area contributed by atoms with Crippen LogP contribution in [0.2, 0.25) is 0 Å². The van der Waals surface area contributed by atoms with Gasteiger partial charge in [-0.3, -0.25) is 4.79 Å². The average molecular weight is 246 g/mol. The van der Waals surface area contributed by atoms with Gasteiger partial charge in [0, 0.05) is 23.9 Å². The van der Waals surface area contributed by atoms with Gasteiger partial charge in [0.15, 0.2) is 0 Å². The predicted molar refractivity (Wildman–Crippen MR) is 55.9 cm³/mol. The second kappa shape index (κ2) is 5.53. The van der Waals surface area contributed by atoms with Crippen molar-refractivity contribution in [3.63, 3.8) is 0 Å². The Hall–Kier alpha value is -1.76. The molecule has 1 rings (SSSR count). The number of nitrogens with two attached hydrogens (primary N) is 1. The van der Waals surface area contributed by atoms with E-state index in [9.17, 15) is 18.4 Å². The Morgan fingerprint density at radius 2 is 2.24 bits per heavy atom. The first-order chi connectivity index (χ1) is 8.02. The molecule has 0 aliphatic carbocycles. The van der Waals surface area contributed by atoms with Gasteiger partial charge in [0.25, 0.3) is 12.0 Å². The van der Waals surface area contributed by atoms with Crippen LogP contribution in [0.25, 0.3) is 0 Å². The first-order valence-electron chi connectivity index (χ1n) is 4.92. The normalized spacial score (nSPS) is 10.6. The number of carbonyl (C=O) groups is 1. The van der Waals surface area contributed by atoms with E-state index in [2.05, 4.69) is 9.72 Å². The molecule has 0 radical (unpaired) electrons. The van der Waals surface area contributed by atoms with Crippen molar-refractivity contribution in [2.45, 2.75) is 19.9 Å². The van der Waals surface area contributed by atoms with E-state index in [0.717, 1.165) is 6.20 Å². The minimum Gasteiger partial charge on any atom is -0.462 e. The number of ether oxygens (including phenoxy) is 1. The van der Waals surface area contributed by atoms with Gasteiger partial charge in [0.2, 0.25) is 0 Å². The average Bonchev–Trinajstić information content (AvgIpc) is 2.28. The summed E-state index contributed by atoms with van der Waals surface area (Å²) in [5.41, 5.74) is 3.40. The van der Waals surface area contributed by atoms with Crippen LogP contribution in [-0.4, -0.2) is 17.6 Å². The number of alkyl halides is 2. The number of aromatic amines is 1. The number of pyridine rings is 1. The standard InChI is InChI=1S/C10H12F2N2O3/c1-2-17-10(16)7-5(3-13)9(15)14-4-6(7)8(11)12/h4,8H,2-3,13H2,1H3,(H,14,15). The van der Waals surface area contributed by atoms with Crippen LogP contribution in [0.1, 0.15) is 34.8 Å². The molecule has 0 bridgehead atoms. The second-order valence-corrected chi connectivity index (χ2v) is 3.15. The Morgan fingerprint density at radius 1 is 1.59 bits per heavy atom. The van der Waals surface area contributed by atoms with Gasteiger partial charge in [0.05, 0.1) is 12.2 Å². The number of hydrogen-bond donors (Lipinski definition) is 2. The number of rotatable bonds is 4. The Morgan fingerprint density at radius 3 is 2.71 bits per heavy atom. The summed E-state index contributed by atoms with van der Waals surface area (Å²) in [6, 6.07) is 0. The number of halogens is 2. The van der Waals surface area contributed by atoms with Crippen LogP contribution in [-0.2, 0) is 11.3 Å². The van der Waals surface area contributed by atoms with E-state index in [1.165, 1.54) is 6.92 Å². The summed E-state index contributed by atoms with van der Waals surface area (Å²) in [4.78, 5) is 25.0. The van der Waals surface area contributed by atoms with Crippen LogP contribution in [0, 0.1) is 0 Å². The first-order valence-corrected chi connectivity index (χ1v) is 4.92. The van der Waals surface area contributed by atoms with Gasteiger partial charge < -0.3 is 15.5 Å². The maximum Gasteiger partial charge on any atom is 0.339 e. The quantitative estimate of drug-likeness (QED) is 0.774. The molecule has 1 aromatic rings. The maximum absolute atomic E-state index is 12.7. The molecule has 0 fully saturated rings. The highest BCUT2D eigenvalue weighted by Gasteiger charge is 2.24. The van der Waals surface area contributed by atoms with Crippen LogP contribution in [0.3, 0.4) is 0 Å². The van der Waals surface area contributed by atoms with E-state index in [1.54, 1.807) is 0 Å². The van der Waals surface area contributed by atoms with Crippen LogP contribution >= 0.6 is 0 Å². The zero-order valence-corrected chi connectivity index (χ0v) is 9.13. The summed E-state index contributed by atoms with van der Waals surface area (Å²) in [5, 5.41) is 0. The predicted octanol–water partition coefficient (Wildman–Crippen LogP) is 0.948. The minimum absolute atomic E-state index is 0.0261. The molecule has 94 valence electrons. The molecule has 0 aromatic carbocycles. The smallest absolute Gasteiger partial charge is 0.339 e. The van der Waals surface area contributed by atoms with Gasteiger partial charge in [0.1, 0.15) is 0 Å². The van der Waals surface area contributed by atoms with Crippen LogP contribution in [0.15, 0.2) is 11.0 Å². The van der Waals surface area contributed by atoms with Crippen LogP contribution < -0.4 is 11.3 Å². The van der Waals surface area contributed by atoms with E-state index >= 15 is 0 Å². The molecule has 0 spiro atoms. The third kappa shape index (κ3) is 2.68. The van der Waals surface area contributed by atoms with E-state index in [0.29, 0.717) is 0 Å². The third-order valence-electron chi connectivity index (χ3n) is 2.14. The Bertz CT molecular complexity index is 471. The lowest BCUT2D eigenvalue weighted by atomic mass is 10.0. The molecule has 0 aliphatic heterocycles. The fraction of sp³-hybridized carbons (Fsp3) is 0.400. The summed E-state index contributed by atoms with van der Waals surface area (Å²) < 4.78 is 30.0. The van der Waals surface area contributed by atoms with Crippen LogP contribution in [0.4, 0.5) is 8.78 Å². The molecule has 0 aliphatic rings. The van der Waals surface area contributed by atoms with Gasteiger partial charge in [-0.25, -0.2) is 13.6 Å². The Balaban J connectivity index is 3.44. The minimum atomic E-state index is -2.89. The largest absolute Gasteiger partial charge is 0.462 e. The van der Waals surface area contributed by atoms with Crippen molar-refractivity contribution in [3.8, 4) is 0 Å². The number of aromatic nitrogens is 1. The van der Waals surface area contributed by atoms with Crippen molar-refractivity contribution in [3.05, 3.63) is 33.2 Å². The van der Waals surface area contributed by atoms with E-state index in [4.69, 9.17) is 5.73 Å². The fourth-order valence-electron chi connectivity index (χ4n) is 1.40. The highest BCUT2D eigenvalue weighted by Crippen LogP contribution is 2.23. The molecule has 0 unspecified atom stereocenters. The topological polar surface area (TPSA) is 85.2 Å². The SMILES string of the molecule is CCOC(=O)c1c(C(F)F)c[nH]c(=O)c1CN. The molecule has 1 heterocycles. The molecule has 0 saturated carbocycles. The summed E-state index contributed by atoms with van der Waals surface area (Å²) in [6.45, 7) is 1.25. The van der Waals surface area contributed by atoms with E-state index < -0.39 is 29.1 Å². The van der Waals surface area contributed by atoms with Crippen molar-refractivity contribution in [2.24, 2.45) is 5.73 Å². The highest BCUT2D eigenvalue weighted by molar-refractivity contribution is 5.92. The molecule has 0 amide bonds. The molecule has 1 aromatic heterocycles. The van der Waals surface area contributed by atoms with Gasteiger partial charge in [-0.2, -0.15) is 0 Å². The molecule has 7 heteroatoms. The summed E-state index contributed by atoms with van der Waals surface area (Å²) in [7, 11) is 0. The van der Waals surface area contributed by atoms with Crippen molar-refractivity contribution >= 4 is 5.97 Å². The third-order valence-corrected chi connectivity index (χ3v) is 2.14. The molecule has 0 atom stereocenters. The summed E-state index contributed by atoms with van der Waals surface area (Å²) in [5.74, 6) is -0.964. The van der Waals surface area contributed by atoms with Crippen molar-refractivity contribution in [1.82, 2.24) is 4.98 Å². The Kier molecular flexibility index (Phi) is 4.33. The summed E-state index contributed by atoms with van der Waals surface area (Å²) in [6.07, 6.45) is -2.09. The number of hydrogen-bond acceptors (Lipinski definition) is 4. The monoisotopic (exact) mass is 246 g/mol. The van der Waals surface area contributed by atoms with Gasteiger partial charge in [-0.05, 0) is 6.92 Å².